The Kier molecular flexibility index (Phi) is 5.32. The summed E-state index contributed by atoms with van der Waals surface area (Å²) >= 11 is 0. The molecule has 0 aromatic heterocycles. The van der Waals surface area contributed by atoms with Crippen molar-refractivity contribution in [2.75, 3.05) is 0 Å². The van der Waals surface area contributed by atoms with Crippen molar-refractivity contribution in [1.82, 2.24) is 0 Å². The van der Waals surface area contributed by atoms with Gasteiger partial charge < -0.3 is 0 Å². The summed E-state index contributed by atoms with van der Waals surface area (Å²) < 4.78 is 0. The van der Waals surface area contributed by atoms with Crippen LogP contribution in [-0.2, 0) is 0 Å². The Bertz CT molecular complexity index is 676. The summed E-state index contributed by atoms with van der Waals surface area (Å²) in [6.07, 6.45) is 8.42. The van der Waals surface area contributed by atoms with E-state index in [0.717, 1.165) is 11.4 Å². The van der Waals surface area contributed by atoms with Gasteiger partial charge in [-0.25, -0.2) is 4.99 Å². The molecule has 0 bridgehead atoms. The Morgan fingerprint density at radius 3 is 2.14 bits per heavy atom. The van der Waals surface area contributed by atoms with Crippen molar-refractivity contribution in [1.29, 1.82) is 0 Å². The lowest BCUT2D eigenvalue weighted by Gasteiger charge is -2.16. The van der Waals surface area contributed by atoms with Gasteiger partial charge in [-0.05, 0) is 38.3 Å². The number of nitrogens with zero attached hydrogens (tertiary/aromatic N) is 1. The van der Waals surface area contributed by atoms with Gasteiger partial charge in [-0.2, -0.15) is 0 Å². The fourth-order valence-electron chi connectivity index (χ4n) is 2.40. The van der Waals surface area contributed by atoms with E-state index < -0.39 is 0 Å². The normalized spacial score (nSPS) is 18.0. The smallest absolute Gasteiger partial charge is 0.0709 e. The third-order valence-electron chi connectivity index (χ3n) is 3.95. The molecule has 0 unspecified atom stereocenters. The monoisotopic (exact) mass is 291 g/mol. The zero-order valence-electron chi connectivity index (χ0n) is 14.2. The number of hydrogen-bond acceptors (Lipinski definition) is 1. The lowest BCUT2D eigenvalue weighted by molar-refractivity contribution is 0.765. The SMILES string of the molecule is CC(C)=C(N=C1C=CC=C/C1=C(/C)C(C)C)c1ccccc1. The zero-order valence-corrected chi connectivity index (χ0v) is 14.2. The second-order valence-electron chi connectivity index (χ2n) is 6.18. The van der Waals surface area contributed by atoms with Crippen molar-refractivity contribution in [2.24, 2.45) is 10.9 Å². The lowest BCUT2D eigenvalue weighted by atomic mass is 9.93. The van der Waals surface area contributed by atoms with Crippen molar-refractivity contribution in [3.63, 3.8) is 0 Å². The zero-order chi connectivity index (χ0) is 16.1. The Labute approximate surface area is 134 Å². The molecule has 0 heterocycles. The van der Waals surface area contributed by atoms with E-state index in [4.69, 9.17) is 4.99 Å². The van der Waals surface area contributed by atoms with Crippen molar-refractivity contribution in [3.8, 4) is 0 Å². The van der Waals surface area contributed by atoms with Crippen molar-refractivity contribution < 1.29 is 0 Å². The highest BCUT2D eigenvalue weighted by molar-refractivity contribution is 6.14. The lowest BCUT2D eigenvalue weighted by Crippen LogP contribution is -2.06. The number of hydrogen-bond donors (Lipinski definition) is 0. The predicted octanol–water partition coefficient (Wildman–Crippen LogP) is 5.98. The molecule has 0 fully saturated rings. The summed E-state index contributed by atoms with van der Waals surface area (Å²) in [7, 11) is 0. The van der Waals surface area contributed by atoms with Crippen molar-refractivity contribution >= 4 is 11.4 Å². The van der Waals surface area contributed by atoms with E-state index in [-0.39, 0.29) is 0 Å². The quantitative estimate of drug-likeness (QED) is 0.650. The number of allylic oxidation sites excluding steroid dienone is 7. The molecule has 1 aromatic rings. The van der Waals surface area contributed by atoms with E-state index in [0.29, 0.717) is 5.92 Å². The highest BCUT2D eigenvalue weighted by Crippen LogP contribution is 2.25. The van der Waals surface area contributed by atoms with Crippen LogP contribution in [0.4, 0.5) is 0 Å². The van der Waals surface area contributed by atoms with E-state index in [1.807, 2.05) is 6.07 Å². The largest absolute Gasteiger partial charge is 0.248 e. The summed E-state index contributed by atoms with van der Waals surface area (Å²) in [6.45, 7) is 10.9. The van der Waals surface area contributed by atoms with Gasteiger partial charge in [0.15, 0.2) is 0 Å². The molecule has 0 saturated heterocycles. The van der Waals surface area contributed by atoms with E-state index in [1.54, 1.807) is 0 Å². The van der Waals surface area contributed by atoms with Gasteiger partial charge >= 0.3 is 0 Å². The average molecular weight is 291 g/mol. The summed E-state index contributed by atoms with van der Waals surface area (Å²) in [4.78, 5) is 4.99. The Hall–Kier alpha value is -2.15. The third kappa shape index (κ3) is 3.73. The molecule has 0 saturated carbocycles. The maximum Gasteiger partial charge on any atom is 0.0709 e. The molecule has 22 heavy (non-hydrogen) atoms. The summed E-state index contributed by atoms with van der Waals surface area (Å²) in [6, 6.07) is 10.4. The summed E-state index contributed by atoms with van der Waals surface area (Å²) in [5, 5.41) is 0. The van der Waals surface area contributed by atoms with Crippen LogP contribution in [-0.4, -0.2) is 5.71 Å². The van der Waals surface area contributed by atoms with E-state index in [1.165, 1.54) is 22.3 Å². The summed E-state index contributed by atoms with van der Waals surface area (Å²) in [5.74, 6) is 0.517. The van der Waals surface area contributed by atoms with Crippen LogP contribution in [0.15, 0.2) is 76.3 Å². The third-order valence-corrected chi connectivity index (χ3v) is 3.95. The maximum absolute atomic E-state index is 4.99. The van der Waals surface area contributed by atoms with Crippen LogP contribution < -0.4 is 0 Å². The van der Waals surface area contributed by atoms with Crippen LogP contribution in [0.25, 0.3) is 5.70 Å². The van der Waals surface area contributed by atoms with Gasteiger partial charge in [-0.1, -0.05) is 73.6 Å². The molecule has 0 N–H and O–H groups in total. The Balaban J connectivity index is 2.54. The first-order chi connectivity index (χ1) is 10.5. The molecule has 1 aromatic carbocycles. The minimum Gasteiger partial charge on any atom is -0.248 e. The molecular formula is C21H25N. The van der Waals surface area contributed by atoms with Gasteiger partial charge in [0.25, 0.3) is 0 Å². The molecule has 0 radical (unpaired) electrons. The van der Waals surface area contributed by atoms with E-state index in [2.05, 4.69) is 83.2 Å². The molecule has 0 atom stereocenters. The second kappa shape index (κ2) is 7.22. The molecule has 1 nitrogen and oxygen atoms in total. The highest BCUT2D eigenvalue weighted by atomic mass is 14.8. The first-order valence-corrected chi connectivity index (χ1v) is 7.88. The van der Waals surface area contributed by atoms with E-state index >= 15 is 0 Å². The fourth-order valence-corrected chi connectivity index (χ4v) is 2.40. The van der Waals surface area contributed by atoms with Crippen LogP contribution in [0.5, 0.6) is 0 Å². The Morgan fingerprint density at radius 1 is 0.909 bits per heavy atom. The van der Waals surface area contributed by atoms with Gasteiger partial charge in [0.05, 0.1) is 11.4 Å². The maximum atomic E-state index is 4.99. The molecule has 114 valence electrons. The van der Waals surface area contributed by atoms with E-state index in [9.17, 15) is 0 Å². The van der Waals surface area contributed by atoms with Gasteiger partial charge in [0, 0.05) is 5.56 Å². The van der Waals surface area contributed by atoms with Gasteiger partial charge in [0.1, 0.15) is 0 Å². The van der Waals surface area contributed by atoms with Crippen LogP contribution in [0.2, 0.25) is 0 Å². The molecule has 1 aliphatic carbocycles. The molecule has 0 spiro atoms. The molecule has 0 amide bonds. The molecule has 1 aliphatic rings. The fraction of sp³-hybridized carbons (Fsp3) is 0.286. The van der Waals surface area contributed by atoms with Gasteiger partial charge in [-0.3, -0.25) is 0 Å². The topological polar surface area (TPSA) is 12.4 Å². The van der Waals surface area contributed by atoms with Crippen LogP contribution in [0.1, 0.15) is 40.2 Å². The van der Waals surface area contributed by atoms with Gasteiger partial charge in [-0.15, -0.1) is 0 Å². The van der Waals surface area contributed by atoms with Gasteiger partial charge in [0.2, 0.25) is 0 Å². The summed E-state index contributed by atoms with van der Waals surface area (Å²) in [5.41, 5.74) is 7.12. The van der Waals surface area contributed by atoms with Crippen LogP contribution >= 0.6 is 0 Å². The van der Waals surface area contributed by atoms with Crippen molar-refractivity contribution in [3.05, 3.63) is 76.9 Å². The first kappa shape index (κ1) is 16.2. The van der Waals surface area contributed by atoms with Crippen LogP contribution in [0, 0.1) is 5.92 Å². The molecule has 2 rings (SSSR count). The minimum absolute atomic E-state index is 0.517. The predicted molar refractivity (Wildman–Crippen MR) is 98.0 cm³/mol. The molecule has 0 aliphatic heterocycles. The minimum atomic E-state index is 0.517. The molecule has 1 heteroatoms. The number of benzene rings is 1. The molecular weight excluding hydrogens is 266 g/mol. The first-order valence-electron chi connectivity index (χ1n) is 7.88. The highest BCUT2D eigenvalue weighted by Gasteiger charge is 2.12. The van der Waals surface area contributed by atoms with Crippen molar-refractivity contribution in [2.45, 2.75) is 34.6 Å². The standard InChI is InChI=1S/C21H25N/c1-15(2)17(5)19-13-9-10-14-20(19)22-21(16(3)4)18-11-7-6-8-12-18/h6-15H,1-5H3/b19-17+,22-20?. The average Bonchev–Trinajstić information content (AvgIpc) is 2.52. The Morgan fingerprint density at radius 2 is 1.55 bits per heavy atom. The second-order valence-corrected chi connectivity index (χ2v) is 6.18. The number of aliphatic imine (C=N–C) groups is 1. The number of rotatable bonds is 3. The van der Waals surface area contributed by atoms with Crippen LogP contribution in [0.3, 0.4) is 0 Å².